The van der Waals surface area contributed by atoms with Crippen LogP contribution in [-0.2, 0) is 9.73 Å². The first-order chi connectivity index (χ1) is 16.9. The third kappa shape index (κ3) is 4.49. The zero-order chi connectivity index (χ0) is 24.6. The van der Waals surface area contributed by atoms with Gasteiger partial charge >= 0.3 is 0 Å². The highest BCUT2D eigenvalue weighted by Gasteiger charge is 2.24. The van der Waals surface area contributed by atoms with E-state index in [2.05, 4.69) is 25.6 Å². The second-order valence-electron chi connectivity index (χ2n) is 8.52. The Morgan fingerprint density at radius 2 is 2.00 bits per heavy atom. The first kappa shape index (κ1) is 23.0. The highest BCUT2D eigenvalue weighted by molar-refractivity contribution is 7.93. The maximum atomic E-state index is 13.3. The van der Waals surface area contributed by atoms with Crippen LogP contribution in [0.3, 0.4) is 0 Å². The molecule has 0 amide bonds. The van der Waals surface area contributed by atoms with E-state index in [1.165, 1.54) is 12.3 Å². The average molecular weight is 494 g/mol. The summed E-state index contributed by atoms with van der Waals surface area (Å²) in [4.78, 5) is 4.11. The second kappa shape index (κ2) is 9.11. The summed E-state index contributed by atoms with van der Waals surface area (Å²) < 4.78 is 39.6. The van der Waals surface area contributed by atoms with Gasteiger partial charge in [-0.2, -0.15) is 15.5 Å². The average Bonchev–Trinajstić information content (AvgIpc) is 3.52. The summed E-state index contributed by atoms with van der Waals surface area (Å²) in [5.41, 5.74) is 3.17. The molecule has 0 unspecified atom stereocenters. The lowest BCUT2D eigenvalue weighted by atomic mass is 10.1. The molecule has 1 saturated heterocycles. The van der Waals surface area contributed by atoms with Crippen molar-refractivity contribution < 1.29 is 13.3 Å². The molecule has 9 nitrogen and oxygen atoms in total. The SMILES string of the molecule is CN=S1(=O)CCC(n2cc(-c3cc(O[C@H](C)c4ccc(F)cn4)c4c(C#N)cnn4c3)cn2)CC1. The van der Waals surface area contributed by atoms with Gasteiger partial charge in [0.25, 0.3) is 0 Å². The van der Waals surface area contributed by atoms with Gasteiger partial charge in [-0.05, 0) is 38.0 Å². The minimum atomic E-state index is -2.08. The Bertz CT molecular complexity index is 1530. The van der Waals surface area contributed by atoms with E-state index in [9.17, 15) is 13.9 Å². The number of aromatic nitrogens is 5. The van der Waals surface area contributed by atoms with Crippen LogP contribution in [0.1, 0.15) is 43.2 Å². The van der Waals surface area contributed by atoms with Crippen molar-refractivity contribution in [3.63, 3.8) is 0 Å². The van der Waals surface area contributed by atoms with E-state index in [4.69, 9.17) is 4.74 Å². The first-order valence-electron chi connectivity index (χ1n) is 11.2. The van der Waals surface area contributed by atoms with Gasteiger partial charge in [-0.25, -0.2) is 17.5 Å². The molecular weight excluding hydrogens is 469 g/mol. The second-order valence-corrected chi connectivity index (χ2v) is 11.2. The molecule has 0 radical (unpaired) electrons. The van der Waals surface area contributed by atoms with Crippen molar-refractivity contribution in [2.45, 2.75) is 31.9 Å². The fourth-order valence-electron chi connectivity index (χ4n) is 4.31. The van der Waals surface area contributed by atoms with Crippen LogP contribution in [0.25, 0.3) is 16.6 Å². The van der Waals surface area contributed by atoms with Gasteiger partial charge in [-0.3, -0.25) is 9.67 Å². The molecule has 0 N–H and O–H groups in total. The van der Waals surface area contributed by atoms with Gasteiger partial charge < -0.3 is 4.74 Å². The van der Waals surface area contributed by atoms with Crippen LogP contribution in [0.2, 0.25) is 0 Å². The molecule has 11 heteroatoms. The summed E-state index contributed by atoms with van der Waals surface area (Å²) >= 11 is 0. The minimum absolute atomic E-state index is 0.166. The Hall–Kier alpha value is -3.78. The van der Waals surface area contributed by atoms with Gasteiger partial charge in [0.05, 0.1) is 30.3 Å². The molecule has 4 aromatic rings. The minimum Gasteiger partial charge on any atom is -0.482 e. The fraction of sp³-hybridized carbons (Fsp3) is 0.333. The van der Waals surface area contributed by atoms with Crippen molar-refractivity contribution in [3.8, 4) is 22.9 Å². The topological polar surface area (TPSA) is 110 Å². The van der Waals surface area contributed by atoms with Gasteiger partial charge in [0.2, 0.25) is 0 Å². The number of halogens is 1. The lowest BCUT2D eigenvalue weighted by Gasteiger charge is -2.24. The predicted molar refractivity (Wildman–Crippen MR) is 129 cm³/mol. The fourth-order valence-corrected chi connectivity index (χ4v) is 6.16. The number of hydrogen-bond acceptors (Lipinski definition) is 7. The van der Waals surface area contributed by atoms with Crippen LogP contribution < -0.4 is 4.74 Å². The van der Waals surface area contributed by atoms with Crippen molar-refractivity contribution in [1.29, 1.82) is 5.26 Å². The molecule has 0 saturated carbocycles. The van der Waals surface area contributed by atoms with Crippen LogP contribution in [0.15, 0.2) is 53.5 Å². The number of nitrogens with zero attached hydrogens (tertiary/aromatic N) is 7. The van der Waals surface area contributed by atoms with Gasteiger partial charge in [0, 0.05) is 51.8 Å². The summed E-state index contributed by atoms with van der Waals surface area (Å²) in [6, 6.07) is 7.07. The van der Waals surface area contributed by atoms with Crippen LogP contribution in [0.5, 0.6) is 5.75 Å². The maximum Gasteiger partial charge on any atom is 0.148 e. The normalized spacial score (nSPS) is 20.9. The van der Waals surface area contributed by atoms with Gasteiger partial charge in [0.15, 0.2) is 0 Å². The van der Waals surface area contributed by atoms with E-state index in [0.717, 1.165) is 30.2 Å². The molecule has 1 atom stereocenters. The molecule has 0 aromatic carbocycles. The molecular formula is C24H24FN7O2S. The number of hydrogen-bond donors (Lipinski definition) is 0. The molecule has 0 bridgehead atoms. The van der Waals surface area contributed by atoms with Crippen LogP contribution in [0.4, 0.5) is 4.39 Å². The van der Waals surface area contributed by atoms with E-state index in [1.807, 2.05) is 30.1 Å². The molecule has 1 aliphatic rings. The predicted octanol–water partition coefficient (Wildman–Crippen LogP) is 4.18. The number of rotatable bonds is 5. The largest absolute Gasteiger partial charge is 0.482 e. The van der Waals surface area contributed by atoms with E-state index in [1.54, 1.807) is 23.8 Å². The Kier molecular flexibility index (Phi) is 5.98. The van der Waals surface area contributed by atoms with Crippen molar-refractivity contribution in [3.05, 3.63) is 66.3 Å². The molecule has 35 heavy (non-hydrogen) atoms. The molecule has 180 valence electrons. The van der Waals surface area contributed by atoms with E-state index >= 15 is 0 Å². The van der Waals surface area contributed by atoms with E-state index in [-0.39, 0.29) is 6.04 Å². The molecule has 5 rings (SSSR count). The van der Waals surface area contributed by atoms with Crippen molar-refractivity contribution in [1.82, 2.24) is 24.4 Å². The Labute approximate surface area is 202 Å². The third-order valence-corrected chi connectivity index (χ3v) is 8.76. The zero-order valence-corrected chi connectivity index (χ0v) is 20.2. The van der Waals surface area contributed by atoms with Crippen LogP contribution in [-0.4, -0.2) is 47.1 Å². The smallest absolute Gasteiger partial charge is 0.148 e. The van der Waals surface area contributed by atoms with Crippen molar-refractivity contribution in [2.24, 2.45) is 4.36 Å². The molecule has 4 aromatic heterocycles. The number of fused-ring (bicyclic) bond motifs is 1. The summed E-state index contributed by atoms with van der Waals surface area (Å²) in [7, 11) is -0.449. The monoisotopic (exact) mass is 493 g/mol. The Balaban J connectivity index is 1.47. The van der Waals surface area contributed by atoms with E-state index < -0.39 is 21.7 Å². The lowest BCUT2D eigenvalue weighted by Crippen LogP contribution is -2.25. The Morgan fingerprint density at radius 3 is 2.69 bits per heavy atom. The number of ether oxygens (including phenoxy) is 1. The molecule has 1 fully saturated rings. The first-order valence-corrected chi connectivity index (χ1v) is 13.1. The van der Waals surface area contributed by atoms with E-state index in [0.29, 0.717) is 34.0 Å². The highest BCUT2D eigenvalue weighted by Crippen LogP contribution is 2.33. The van der Waals surface area contributed by atoms with Gasteiger partial charge in [-0.15, -0.1) is 0 Å². The molecule has 0 aliphatic carbocycles. The third-order valence-electron chi connectivity index (χ3n) is 6.35. The number of pyridine rings is 2. The van der Waals surface area contributed by atoms with Gasteiger partial charge in [0.1, 0.15) is 34.8 Å². The number of nitriles is 1. The van der Waals surface area contributed by atoms with Crippen molar-refractivity contribution >= 4 is 15.2 Å². The van der Waals surface area contributed by atoms with Crippen LogP contribution in [0, 0.1) is 17.1 Å². The summed E-state index contributed by atoms with van der Waals surface area (Å²) in [5, 5.41) is 18.5. The molecule has 1 aliphatic heterocycles. The van der Waals surface area contributed by atoms with Gasteiger partial charge in [-0.1, -0.05) is 0 Å². The standard InChI is InChI=1S/C24H24FN7O2S/c1-16(22-4-3-20(25)13-28-22)34-23-9-17(14-32-24(23)18(10-26)11-30-32)19-12-29-31(15-19)21-5-7-35(33,27-2)8-6-21/h3-4,9,11-16,21H,5-8H2,1-2H3/t16-,21?,35?/m1/s1. The quantitative estimate of drug-likeness (QED) is 0.413. The Morgan fingerprint density at radius 1 is 1.20 bits per heavy atom. The maximum absolute atomic E-state index is 13.3. The molecule has 5 heterocycles. The summed E-state index contributed by atoms with van der Waals surface area (Å²) in [6.07, 6.45) is 9.25. The highest BCUT2D eigenvalue weighted by atomic mass is 32.2. The van der Waals surface area contributed by atoms with Crippen molar-refractivity contribution in [2.75, 3.05) is 18.6 Å². The zero-order valence-electron chi connectivity index (χ0n) is 19.3. The summed E-state index contributed by atoms with van der Waals surface area (Å²) in [5.74, 6) is 1.19. The van der Waals surface area contributed by atoms with Crippen LogP contribution >= 0.6 is 0 Å². The lowest BCUT2D eigenvalue weighted by molar-refractivity contribution is 0.224. The summed E-state index contributed by atoms with van der Waals surface area (Å²) in [6.45, 7) is 1.81. The molecule has 0 spiro atoms.